The number of hydrogen-bond acceptors (Lipinski definition) is 2. The van der Waals surface area contributed by atoms with E-state index in [0.29, 0.717) is 17.5 Å². The van der Waals surface area contributed by atoms with Gasteiger partial charge in [-0.1, -0.05) is 23.7 Å². The molecule has 3 N–H and O–H groups in total. The van der Waals surface area contributed by atoms with E-state index in [9.17, 15) is 4.79 Å². The summed E-state index contributed by atoms with van der Waals surface area (Å²) in [6, 6.07) is 7.43. The highest BCUT2D eigenvalue weighted by molar-refractivity contribution is 6.30. The second kappa shape index (κ2) is 6.79. The van der Waals surface area contributed by atoms with Gasteiger partial charge >= 0.3 is 0 Å². The molecule has 112 valence electrons. The van der Waals surface area contributed by atoms with Crippen molar-refractivity contribution >= 4 is 29.9 Å². The Bertz CT molecular complexity index is 477. The number of amides is 1. The highest BCUT2D eigenvalue weighted by atomic mass is 35.5. The molecule has 1 saturated carbocycles. The predicted molar refractivity (Wildman–Crippen MR) is 85.4 cm³/mol. The molecule has 1 aromatic carbocycles. The monoisotopic (exact) mass is 316 g/mol. The molecule has 1 aromatic rings. The Morgan fingerprint density at radius 2 is 2.20 bits per heavy atom. The predicted octanol–water partition coefficient (Wildman–Crippen LogP) is 3.11. The van der Waals surface area contributed by atoms with Gasteiger partial charge in [0, 0.05) is 11.6 Å². The van der Waals surface area contributed by atoms with Crippen LogP contribution < -0.4 is 11.1 Å². The molecular formula is C15H22Cl2N2O. The minimum atomic E-state index is -0.274. The maximum atomic E-state index is 12.4. The zero-order valence-corrected chi connectivity index (χ0v) is 13.4. The van der Waals surface area contributed by atoms with Crippen molar-refractivity contribution < 1.29 is 4.79 Å². The van der Waals surface area contributed by atoms with Gasteiger partial charge in [0.25, 0.3) is 0 Å². The van der Waals surface area contributed by atoms with Crippen LogP contribution >= 0.6 is 24.0 Å². The first-order valence-corrected chi connectivity index (χ1v) is 7.11. The van der Waals surface area contributed by atoms with Crippen LogP contribution in [-0.4, -0.2) is 18.0 Å². The number of benzene rings is 1. The van der Waals surface area contributed by atoms with Crippen LogP contribution in [0.2, 0.25) is 5.02 Å². The lowest BCUT2D eigenvalue weighted by atomic mass is 9.93. The van der Waals surface area contributed by atoms with E-state index in [2.05, 4.69) is 5.32 Å². The SMILES string of the molecule is CC(C(=O)NC(C)(CN)C1CC1)c1cccc(Cl)c1.Cl. The summed E-state index contributed by atoms with van der Waals surface area (Å²) >= 11 is 5.96. The van der Waals surface area contributed by atoms with Gasteiger partial charge in [0.15, 0.2) is 0 Å². The Hall–Kier alpha value is -0.770. The molecule has 1 aliphatic rings. The number of carbonyl (C=O) groups is 1. The Morgan fingerprint density at radius 1 is 1.55 bits per heavy atom. The Balaban J connectivity index is 0.00000200. The Kier molecular flexibility index (Phi) is 5.87. The minimum Gasteiger partial charge on any atom is -0.349 e. The van der Waals surface area contributed by atoms with Crippen molar-refractivity contribution in [2.45, 2.75) is 38.1 Å². The molecule has 20 heavy (non-hydrogen) atoms. The van der Waals surface area contributed by atoms with Crippen LogP contribution in [0.4, 0.5) is 0 Å². The average Bonchev–Trinajstić information content (AvgIpc) is 3.22. The van der Waals surface area contributed by atoms with Gasteiger partial charge < -0.3 is 11.1 Å². The molecule has 2 atom stereocenters. The summed E-state index contributed by atoms with van der Waals surface area (Å²) in [7, 11) is 0. The quantitative estimate of drug-likeness (QED) is 0.877. The van der Waals surface area contributed by atoms with E-state index in [1.165, 1.54) is 0 Å². The first-order chi connectivity index (χ1) is 8.96. The van der Waals surface area contributed by atoms with Crippen molar-refractivity contribution in [3.05, 3.63) is 34.9 Å². The molecule has 2 unspecified atom stereocenters. The van der Waals surface area contributed by atoms with Gasteiger partial charge in [-0.2, -0.15) is 0 Å². The topological polar surface area (TPSA) is 55.1 Å². The van der Waals surface area contributed by atoms with Crippen molar-refractivity contribution in [1.29, 1.82) is 0 Å². The van der Waals surface area contributed by atoms with Crippen molar-refractivity contribution in [3.63, 3.8) is 0 Å². The highest BCUT2D eigenvalue weighted by Gasteiger charge is 2.42. The van der Waals surface area contributed by atoms with E-state index in [1.54, 1.807) is 0 Å². The van der Waals surface area contributed by atoms with Crippen molar-refractivity contribution in [2.75, 3.05) is 6.54 Å². The van der Waals surface area contributed by atoms with Crippen LogP contribution in [0, 0.1) is 5.92 Å². The second-order valence-electron chi connectivity index (χ2n) is 5.66. The largest absolute Gasteiger partial charge is 0.349 e. The lowest BCUT2D eigenvalue weighted by Crippen LogP contribution is -2.54. The summed E-state index contributed by atoms with van der Waals surface area (Å²) in [4.78, 5) is 12.4. The number of carbonyl (C=O) groups excluding carboxylic acids is 1. The van der Waals surface area contributed by atoms with Crippen LogP contribution in [0.1, 0.15) is 38.2 Å². The normalized spacial score (nSPS) is 18.6. The standard InChI is InChI=1S/C15H21ClN2O.ClH/c1-10(11-4-3-5-13(16)8-11)14(19)18-15(2,9-17)12-6-7-12;/h3-5,8,10,12H,6-7,9,17H2,1-2H3,(H,18,19);1H. The Morgan fingerprint density at radius 3 is 2.70 bits per heavy atom. The van der Waals surface area contributed by atoms with Crippen molar-refractivity contribution in [1.82, 2.24) is 5.32 Å². The molecule has 0 heterocycles. The summed E-state index contributed by atoms with van der Waals surface area (Å²) in [5, 5.41) is 3.77. The van der Waals surface area contributed by atoms with Crippen LogP contribution in [0.3, 0.4) is 0 Å². The summed E-state index contributed by atoms with van der Waals surface area (Å²) in [6.45, 7) is 4.41. The third-order valence-corrected chi connectivity index (χ3v) is 4.29. The van der Waals surface area contributed by atoms with Gasteiger partial charge in [-0.25, -0.2) is 0 Å². The molecule has 1 aliphatic carbocycles. The zero-order chi connectivity index (χ0) is 14.0. The lowest BCUT2D eigenvalue weighted by molar-refractivity contribution is -0.124. The van der Waals surface area contributed by atoms with Gasteiger partial charge in [-0.3, -0.25) is 4.79 Å². The fourth-order valence-corrected chi connectivity index (χ4v) is 2.56. The van der Waals surface area contributed by atoms with Crippen LogP contribution in [0.25, 0.3) is 0 Å². The molecule has 2 rings (SSSR count). The molecule has 3 nitrogen and oxygen atoms in total. The fourth-order valence-electron chi connectivity index (χ4n) is 2.36. The lowest BCUT2D eigenvalue weighted by Gasteiger charge is -2.31. The number of hydrogen-bond donors (Lipinski definition) is 2. The number of rotatable bonds is 5. The van der Waals surface area contributed by atoms with E-state index in [1.807, 2.05) is 38.1 Å². The number of nitrogens with two attached hydrogens (primary N) is 1. The molecule has 0 aliphatic heterocycles. The molecular weight excluding hydrogens is 295 g/mol. The Labute approximate surface area is 131 Å². The molecule has 0 radical (unpaired) electrons. The molecule has 1 fully saturated rings. The average molecular weight is 317 g/mol. The second-order valence-corrected chi connectivity index (χ2v) is 6.10. The molecule has 0 bridgehead atoms. The van der Waals surface area contributed by atoms with Gasteiger partial charge in [0.2, 0.25) is 5.91 Å². The van der Waals surface area contributed by atoms with E-state index in [0.717, 1.165) is 18.4 Å². The van der Waals surface area contributed by atoms with Crippen LogP contribution in [0.15, 0.2) is 24.3 Å². The first kappa shape index (κ1) is 17.3. The summed E-state index contributed by atoms with van der Waals surface area (Å²) in [5.41, 5.74) is 6.48. The first-order valence-electron chi connectivity index (χ1n) is 6.74. The van der Waals surface area contributed by atoms with Crippen LogP contribution in [-0.2, 0) is 4.79 Å². The summed E-state index contributed by atoms with van der Waals surface area (Å²) in [6.07, 6.45) is 2.30. The molecule has 0 spiro atoms. The molecule has 1 amide bonds. The molecule has 0 saturated heterocycles. The third-order valence-electron chi connectivity index (χ3n) is 4.05. The van der Waals surface area contributed by atoms with Crippen LogP contribution in [0.5, 0.6) is 0 Å². The van der Waals surface area contributed by atoms with Crippen molar-refractivity contribution in [3.8, 4) is 0 Å². The van der Waals surface area contributed by atoms with Gasteiger partial charge in [0.1, 0.15) is 0 Å². The van der Waals surface area contributed by atoms with E-state index in [4.69, 9.17) is 17.3 Å². The smallest absolute Gasteiger partial charge is 0.227 e. The number of halogens is 2. The summed E-state index contributed by atoms with van der Waals surface area (Å²) < 4.78 is 0. The zero-order valence-electron chi connectivity index (χ0n) is 11.9. The van der Waals surface area contributed by atoms with Gasteiger partial charge in [-0.05, 0) is 50.3 Å². The van der Waals surface area contributed by atoms with E-state index < -0.39 is 0 Å². The molecule has 0 aromatic heterocycles. The van der Waals surface area contributed by atoms with E-state index >= 15 is 0 Å². The number of nitrogens with one attached hydrogen (secondary N) is 1. The third kappa shape index (κ3) is 3.87. The summed E-state index contributed by atoms with van der Waals surface area (Å²) in [5.74, 6) is 0.318. The van der Waals surface area contributed by atoms with Gasteiger partial charge in [0.05, 0.1) is 11.5 Å². The maximum Gasteiger partial charge on any atom is 0.227 e. The fraction of sp³-hybridized carbons (Fsp3) is 0.533. The maximum absolute atomic E-state index is 12.4. The van der Waals surface area contributed by atoms with Crippen molar-refractivity contribution in [2.24, 2.45) is 11.7 Å². The van der Waals surface area contributed by atoms with E-state index in [-0.39, 0.29) is 29.8 Å². The highest BCUT2D eigenvalue weighted by Crippen LogP contribution is 2.39. The minimum absolute atomic E-state index is 0. The van der Waals surface area contributed by atoms with Gasteiger partial charge in [-0.15, -0.1) is 12.4 Å². The molecule has 5 heteroatoms.